The first-order valence-electron chi connectivity index (χ1n) is 14.0. The molecule has 1 amide bonds. The Kier molecular flexibility index (Phi) is 11.2. The average molecular weight is 760 g/mol. The predicted molar refractivity (Wildman–Crippen MR) is 162 cm³/mol. The lowest BCUT2D eigenvalue weighted by Gasteiger charge is -2.28. The van der Waals surface area contributed by atoms with Crippen LogP contribution in [0.1, 0.15) is 27.8 Å². The summed E-state index contributed by atoms with van der Waals surface area (Å²) in [6.07, 6.45) is -6.17. The fourth-order valence-electron chi connectivity index (χ4n) is 5.46. The van der Waals surface area contributed by atoms with Crippen LogP contribution < -0.4 is 11.5 Å². The highest BCUT2D eigenvalue weighted by atomic mass is 32.1. The topological polar surface area (TPSA) is 274 Å². The van der Waals surface area contributed by atoms with E-state index in [-0.39, 0.29) is 27.7 Å². The maximum absolute atomic E-state index is 15.3. The van der Waals surface area contributed by atoms with Crippen LogP contribution in [0.25, 0.3) is 11.2 Å². The molecular weight excluding hydrogens is 726 g/mol. The van der Waals surface area contributed by atoms with Gasteiger partial charge in [0.25, 0.3) is 5.91 Å². The number of halogens is 2. The van der Waals surface area contributed by atoms with Crippen LogP contribution in [0.2, 0.25) is 0 Å². The molecule has 0 saturated carbocycles. The molecule has 0 bridgehead atoms. The first kappa shape index (κ1) is 37.6. The molecule has 10 atom stereocenters. The van der Waals surface area contributed by atoms with E-state index in [1.807, 2.05) is 0 Å². The van der Waals surface area contributed by atoms with Gasteiger partial charge in [-0.2, -0.15) is 8.78 Å². The Morgan fingerprint density at radius 3 is 2.08 bits per heavy atom. The SMILES string of the molecule is COC1[C@@H](OC)[C@@H](COP(=O)(O)C(F)(F)P(=O)(O)OC[C@H]2O[C@@H](c3nc(C(N)=O)cs3)C(OC)[C@H]2OC)O[C@H]1n1cnc2c(N)ncnc21. The van der Waals surface area contributed by atoms with Gasteiger partial charge in [0.2, 0.25) is 0 Å². The third-order valence-corrected chi connectivity index (χ3v) is 12.7. The summed E-state index contributed by atoms with van der Waals surface area (Å²) < 4.78 is 101. The predicted octanol–water partition coefficient (Wildman–Crippen LogP) is 1.02. The van der Waals surface area contributed by atoms with Gasteiger partial charge in [-0.15, -0.1) is 11.3 Å². The van der Waals surface area contributed by atoms with Crippen LogP contribution >= 0.6 is 26.5 Å². The van der Waals surface area contributed by atoms with Gasteiger partial charge in [0.05, 0.1) is 19.5 Å². The molecule has 3 aromatic rings. The molecule has 0 spiro atoms. The summed E-state index contributed by atoms with van der Waals surface area (Å²) in [5, 5.41) is -3.74. The molecule has 4 unspecified atom stereocenters. The normalized spacial score (nSPS) is 30.0. The number of hydrogen-bond acceptors (Lipinski definition) is 17. The van der Waals surface area contributed by atoms with E-state index in [0.717, 1.165) is 11.3 Å². The Morgan fingerprint density at radius 1 is 0.959 bits per heavy atom. The Hall–Kier alpha value is -2.63. The van der Waals surface area contributed by atoms with Crippen LogP contribution in [0.3, 0.4) is 0 Å². The Balaban J connectivity index is 1.27. The first-order valence-corrected chi connectivity index (χ1v) is 18.1. The van der Waals surface area contributed by atoms with Crippen LogP contribution in [0.15, 0.2) is 18.0 Å². The zero-order chi connectivity index (χ0) is 35.9. The van der Waals surface area contributed by atoms with Crippen LogP contribution in [0.4, 0.5) is 14.6 Å². The molecule has 2 fully saturated rings. The molecule has 2 saturated heterocycles. The molecule has 0 aromatic carbocycles. The smallest absolute Gasteiger partial charge is 0.382 e. The van der Waals surface area contributed by atoms with E-state index >= 15 is 8.78 Å². The number of carbonyl (C=O) groups is 1. The molecule has 0 radical (unpaired) electrons. The number of imidazole rings is 1. The van der Waals surface area contributed by atoms with Crippen LogP contribution in [0.5, 0.6) is 0 Å². The van der Waals surface area contributed by atoms with E-state index in [4.69, 9.17) is 44.4 Å². The molecule has 2 aliphatic rings. The second-order valence-corrected chi connectivity index (χ2v) is 15.6. The maximum Gasteiger partial charge on any atom is 0.443 e. The van der Waals surface area contributed by atoms with E-state index in [1.165, 1.54) is 51.0 Å². The van der Waals surface area contributed by atoms with Gasteiger partial charge in [0, 0.05) is 33.8 Å². The van der Waals surface area contributed by atoms with Gasteiger partial charge in [-0.05, 0) is 0 Å². The fraction of sp³-hybridized carbons (Fsp3) is 0.625. The van der Waals surface area contributed by atoms with Crippen molar-refractivity contribution in [3.8, 4) is 0 Å². The summed E-state index contributed by atoms with van der Waals surface area (Å²) in [6, 6.07) is 0. The number of aromatic nitrogens is 5. The summed E-state index contributed by atoms with van der Waals surface area (Å²) in [4.78, 5) is 48.3. The second kappa shape index (κ2) is 14.5. The molecule has 20 nitrogen and oxygen atoms in total. The van der Waals surface area contributed by atoms with Crippen molar-refractivity contribution in [1.82, 2.24) is 24.5 Å². The lowest BCUT2D eigenvalue weighted by molar-refractivity contribution is -0.0583. The number of anilines is 1. The summed E-state index contributed by atoms with van der Waals surface area (Å²) >= 11 is 0.993. The highest BCUT2D eigenvalue weighted by molar-refractivity contribution is 7.72. The van der Waals surface area contributed by atoms with Gasteiger partial charge in [0.15, 0.2) is 17.7 Å². The molecule has 5 rings (SSSR count). The number of nitrogen functional groups attached to an aromatic ring is 1. The number of primary amides is 1. The Labute approximate surface area is 280 Å². The fourth-order valence-corrected chi connectivity index (χ4v) is 8.97. The van der Waals surface area contributed by atoms with Crippen LogP contribution in [0, 0.1) is 0 Å². The van der Waals surface area contributed by atoms with Crippen molar-refractivity contribution >= 4 is 49.4 Å². The third-order valence-electron chi connectivity index (χ3n) is 7.87. The van der Waals surface area contributed by atoms with Gasteiger partial charge in [-0.1, -0.05) is 0 Å². The number of carbonyl (C=O) groups excluding carboxylic acids is 1. The van der Waals surface area contributed by atoms with E-state index in [1.54, 1.807) is 0 Å². The molecule has 49 heavy (non-hydrogen) atoms. The number of ether oxygens (including phenoxy) is 6. The summed E-state index contributed by atoms with van der Waals surface area (Å²) in [5.74, 6) is -0.730. The minimum atomic E-state index is -6.28. The summed E-state index contributed by atoms with van der Waals surface area (Å²) in [7, 11) is -7.45. The minimum absolute atomic E-state index is 0.0617. The van der Waals surface area contributed by atoms with Crippen molar-refractivity contribution in [2.45, 2.75) is 54.4 Å². The van der Waals surface area contributed by atoms with Crippen molar-refractivity contribution < 1.29 is 70.0 Å². The molecular formula is C24H33F2N7O13P2S. The number of thiazole rings is 1. The maximum atomic E-state index is 15.3. The van der Waals surface area contributed by atoms with Crippen molar-refractivity contribution in [3.05, 3.63) is 28.7 Å². The third kappa shape index (κ3) is 6.88. The van der Waals surface area contributed by atoms with Crippen molar-refractivity contribution in [2.24, 2.45) is 5.73 Å². The van der Waals surface area contributed by atoms with Gasteiger partial charge in [0.1, 0.15) is 65.3 Å². The molecule has 2 aliphatic heterocycles. The summed E-state index contributed by atoms with van der Waals surface area (Å²) in [5.41, 5.74) is 11.5. The number of nitrogens with two attached hydrogens (primary N) is 2. The number of nitrogens with zero attached hydrogens (tertiary/aromatic N) is 5. The number of alkyl halides is 2. The largest absolute Gasteiger partial charge is 0.443 e. The first-order chi connectivity index (χ1) is 23.1. The molecule has 25 heteroatoms. The molecule has 5 heterocycles. The molecule has 272 valence electrons. The quantitative estimate of drug-likeness (QED) is 0.157. The number of hydrogen-bond donors (Lipinski definition) is 4. The number of methoxy groups -OCH3 is 4. The van der Waals surface area contributed by atoms with Gasteiger partial charge in [-0.3, -0.25) is 18.5 Å². The molecule has 0 aliphatic carbocycles. The minimum Gasteiger partial charge on any atom is -0.382 e. The van der Waals surface area contributed by atoms with Crippen LogP contribution in [-0.2, 0) is 46.6 Å². The Bertz CT molecular complexity index is 1750. The van der Waals surface area contributed by atoms with E-state index < -0.39 is 88.7 Å². The lowest BCUT2D eigenvalue weighted by Crippen LogP contribution is -2.37. The van der Waals surface area contributed by atoms with E-state index in [0.29, 0.717) is 0 Å². The summed E-state index contributed by atoms with van der Waals surface area (Å²) in [6.45, 7) is -2.04. The van der Waals surface area contributed by atoms with E-state index in [2.05, 4.69) is 24.5 Å². The second-order valence-electron chi connectivity index (χ2n) is 10.6. The van der Waals surface area contributed by atoms with Gasteiger partial charge >= 0.3 is 20.6 Å². The highest BCUT2D eigenvalue weighted by Gasteiger charge is 2.67. The molecule has 3 aromatic heterocycles. The van der Waals surface area contributed by atoms with E-state index in [9.17, 15) is 23.7 Å². The number of amides is 1. The van der Waals surface area contributed by atoms with Crippen molar-refractivity contribution in [2.75, 3.05) is 47.4 Å². The number of fused-ring (bicyclic) bond motifs is 1. The van der Waals surface area contributed by atoms with Gasteiger partial charge < -0.3 is 58.7 Å². The highest BCUT2D eigenvalue weighted by Crippen LogP contribution is 2.75. The standard InChI is InChI=1S/C24H33F2N7O13P2S/c1-39-14-11(45-17(16(14)41-3)22-32-10(7-49-22)20(28)34)5-43-47(35,36)24(25,26)48(37,38)44-6-12-15(40-2)18(42-4)23(46-12)33-9-31-13-19(27)29-8-30-21(13)33/h7-9,11-12,14-18,23H,5-6H2,1-4H3,(H2,28,34)(H,35,36)(H,37,38)(H2,27,29,30)/t11-,12-,14+,15+,16?,17-,18?,23-/m1/s1. The lowest BCUT2D eigenvalue weighted by atomic mass is 10.1. The van der Waals surface area contributed by atoms with Crippen molar-refractivity contribution in [3.63, 3.8) is 0 Å². The zero-order valence-corrected chi connectivity index (χ0v) is 28.7. The Morgan fingerprint density at radius 2 is 1.53 bits per heavy atom. The average Bonchev–Trinajstić information content (AvgIpc) is 3.85. The van der Waals surface area contributed by atoms with Crippen LogP contribution in [-0.4, -0.2) is 124 Å². The van der Waals surface area contributed by atoms with Crippen molar-refractivity contribution in [1.29, 1.82) is 0 Å². The van der Waals surface area contributed by atoms with Gasteiger partial charge in [-0.25, -0.2) is 19.9 Å². The monoisotopic (exact) mass is 759 g/mol. The molecule has 6 N–H and O–H groups in total. The number of rotatable bonds is 15. The zero-order valence-electron chi connectivity index (χ0n) is 26.1.